The van der Waals surface area contributed by atoms with Crippen LogP contribution in [-0.2, 0) is 21.5 Å². The number of amides is 2. The molecule has 0 spiro atoms. The van der Waals surface area contributed by atoms with Gasteiger partial charge in [-0.15, -0.1) is 0 Å². The van der Waals surface area contributed by atoms with Crippen LogP contribution in [0.5, 0.6) is 11.5 Å². The van der Waals surface area contributed by atoms with Crippen molar-refractivity contribution in [2.45, 2.75) is 18.4 Å². The third-order valence-corrected chi connectivity index (χ3v) is 8.53. The number of halogens is 2. The van der Waals surface area contributed by atoms with Crippen LogP contribution in [0.2, 0.25) is 5.02 Å². The van der Waals surface area contributed by atoms with E-state index in [2.05, 4.69) is 0 Å². The molecule has 0 bridgehead atoms. The second-order valence-corrected chi connectivity index (χ2v) is 11.9. The van der Waals surface area contributed by atoms with Crippen LogP contribution in [0.25, 0.3) is 6.08 Å². The van der Waals surface area contributed by atoms with E-state index in [0.29, 0.717) is 19.7 Å². The molecule has 0 saturated carbocycles. The maximum Gasteiger partial charge on any atom is 0.339 e. The zero-order valence-electron chi connectivity index (χ0n) is 19.0. The molecule has 0 unspecified atom stereocenters. The summed E-state index contributed by atoms with van der Waals surface area (Å²) >= 11 is 8.94. The highest BCUT2D eigenvalue weighted by molar-refractivity contribution is 14.1. The molecule has 1 aliphatic heterocycles. The number of imide groups is 1. The molecule has 4 rings (SSSR count). The van der Waals surface area contributed by atoms with Gasteiger partial charge in [-0.1, -0.05) is 47.5 Å². The van der Waals surface area contributed by atoms with E-state index in [0.717, 1.165) is 22.2 Å². The van der Waals surface area contributed by atoms with Gasteiger partial charge in [0.25, 0.3) is 11.1 Å². The number of methoxy groups -OCH3 is 1. The average Bonchev–Trinajstić information content (AvgIpc) is 3.09. The molecule has 0 radical (unpaired) electrons. The van der Waals surface area contributed by atoms with Crippen molar-refractivity contribution in [2.75, 3.05) is 7.11 Å². The number of nitrogens with zero attached hydrogens (tertiary/aromatic N) is 1. The summed E-state index contributed by atoms with van der Waals surface area (Å²) < 4.78 is 36.8. The van der Waals surface area contributed by atoms with E-state index in [1.54, 1.807) is 54.6 Å². The second-order valence-electron chi connectivity index (χ2n) is 7.74. The van der Waals surface area contributed by atoms with Crippen molar-refractivity contribution in [1.82, 2.24) is 4.90 Å². The molecule has 3 aromatic carbocycles. The first kappa shape index (κ1) is 26.5. The zero-order chi connectivity index (χ0) is 26.0. The second kappa shape index (κ2) is 10.8. The number of ether oxygens (including phenoxy) is 1. The maximum absolute atomic E-state index is 12.9. The first-order chi connectivity index (χ1) is 17.1. The molecule has 1 heterocycles. The van der Waals surface area contributed by atoms with Crippen LogP contribution in [0.4, 0.5) is 4.79 Å². The summed E-state index contributed by atoms with van der Waals surface area (Å²) in [6.45, 7) is 1.92. The first-order valence-corrected chi connectivity index (χ1v) is 14.1. The fraction of sp³-hybridized carbons (Fsp3) is 0.120. The smallest absolute Gasteiger partial charge is 0.339 e. The van der Waals surface area contributed by atoms with Crippen LogP contribution in [0.15, 0.2) is 70.5 Å². The quantitative estimate of drug-likeness (QED) is 0.169. The molecular formula is C25H19ClINO6S2. The molecule has 0 N–H and O–H groups in total. The Hall–Kier alpha value is -2.54. The van der Waals surface area contributed by atoms with Gasteiger partial charge in [0.2, 0.25) is 0 Å². The monoisotopic (exact) mass is 655 g/mol. The molecule has 186 valence electrons. The predicted molar refractivity (Wildman–Crippen MR) is 148 cm³/mol. The molecule has 0 atom stereocenters. The molecule has 1 saturated heterocycles. The molecule has 7 nitrogen and oxygen atoms in total. The standard InChI is InChI=1S/C25H19ClINO6S2/c1-15-7-9-18(10-8-15)36(31,32)34-23-20(27)11-16(12-21(23)33-2)13-22-24(29)28(25(30)35-22)14-17-5-3-4-6-19(17)26/h3-13H,14H2,1-2H3/b22-13-. The summed E-state index contributed by atoms with van der Waals surface area (Å²) in [6, 6.07) is 16.5. The van der Waals surface area contributed by atoms with Gasteiger partial charge in [-0.3, -0.25) is 14.5 Å². The molecule has 36 heavy (non-hydrogen) atoms. The zero-order valence-corrected chi connectivity index (χ0v) is 23.6. The largest absolute Gasteiger partial charge is 0.493 e. The highest BCUT2D eigenvalue weighted by Crippen LogP contribution is 2.39. The minimum absolute atomic E-state index is 0.0159. The molecule has 1 aliphatic rings. The van der Waals surface area contributed by atoms with Crippen LogP contribution in [0.1, 0.15) is 16.7 Å². The van der Waals surface area contributed by atoms with Gasteiger partial charge in [0, 0.05) is 5.02 Å². The van der Waals surface area contributed by atoms with Crippen LogP contribution in [0, 0.1) is 10.5 Å². The van der Waals surface area contributed by atoms with Crippen LogP contribution < -0.4 is 8.92 Å². The Morgan fingerprint density at radius 2 is 1.78 bits per heavy atom. The highest BCUT2D eigenvalue weighted by Gasteiger charge is 2.35. The van der Waals surface area contributed by atoms with Crippen LogP contribution >= 0.6 is 46.0 Å². The number of carbonyl (C=O) groups excluding carboxylic acids is 2. The van der Waals surface area contributed by atoms with E-state index in [4.69, 9.17) is 20.5 Å². The van der Waals surface area contributed by atoms with Gasteiger partial charge in [-0.25, -0.2) is 0 Å². The van der Waals surface area contributed by atoms with Crippen molar-refractivity contribution in [1.29, 1.82) is 0 Å². The molecule has 0 aliphatic carbocycles. The molecule has 11 heteroatoms. The molecular weight excluding hydrogens is 637 g/mol. The number of carbonyl (C=O) groups is 2. The van der Waals surface area contributed by atoms with E-state index in [1.807, 2.05) is 29.5 Å². The molecule has 0 aromatic heterocycles. The van der Waals surface area contributed by atoms with Crippen LogP contribution in [0.3, 0.4) is 0 Å². The number of benzene rings is 3. The third kappa shape index (κ3) is 5.72. The number of hydrogen-bond acceptors (Lipinski definition) is 7. The Kier molecular flexibility index (Phi) is 7.98. The van der Waals surface area contributed by atoms with Crippen molar-refractivity contribution in [3.63, 3.8) is 0 Å². The SMILES string of the molecule is COc1cc(/C=C2\SC(=O)N(Cc3ccccc3Cl)C2=O)cc(I)c1OS(=O)(=O)c1ccc(C)cc1. The minimum atomic E-state index is -4.10. The van der Waals surface area contributed by atoms with E-state index in [9.17, 15) is 18.0 Å². The van der Waals surface area contributed by atoms with Gasteiger partial charge in [0.1, 0.15) is 4.90 Å². The number of aryl methyl sites for hydroxylation is 1. The Balaban J connectivity index is 1.60. The van der Waals surface area contributed by atoms with Crippen molar-refractivity contribution >= 4 is 73.3 Å². The minimum Gasteiger partial charge on any atom is -0.493 e. The summed E-state index contributed by atoms with van der Waals surface area (Å²) in [5, 5.41) is 0.0629. The van der Waals surface area contributed by atoms with Gasteiger partial charge in [0.05, 0.1) is 22.1 Å². The fourth-order valence-electron chi connectivity index (χ4n) is 3.35. The third-order valence-electron chi connectivity index (χ3n) is 5.21. The Bertz CT molecular complexity index is 1490. The predicted octanol–water partition coefficient (Wildman–Crippen LogP) is 6.27. The highest BCUT2D eigenvalue weighted by atomic mass is 127. The molecule has 3 aromatic rings. The van der Waals surface area contributed by atoms with Crippen molar-refractivity contribution in [3.05, 3.63) is 90.9 Å². The van der Waals surface area contributed by atoms with Gasteiger partial charge in [-0.2, -0.15) is 8.42 Å². The number of rotatable bonds is 7. The van der Waals surface area contributed by atoms with E-state index in [-0.39, 0.29) is 27.8 Å². The van der Waals surface area contributed by atoms with E-state index >= 15 is 0 Å². The molecule has 1 fully saturated rings. The lowest BCUT2D eigenvalue weighted by atomic mass is 10.1. The average molecular weight is 656 g/mol. The van der Waals surface area contributed by atoms with Crippen molar-refractivity contribution in [2.24, 2.45) is 0 Å². The number of hydrogen-bond donors (Lipinski definition) is 0. The van der Waals surface area contributed by atoms with Crippen molar-refractivity contribution in [3.8, 4) is 11.5 Å². The Morgan fingerprint density at radius 3 is 2.44 bits per heavy atom. The summed E-state index contributed by atoms with van der Waals surface area (Å²) in [4.78, 5) is 26.8. The van der Waals surface area contributed by atoms with Gasteiger partial charge < -0.3 is 8.92 Å². The summed E-state index contributed by atoms with van der Waals surface area (Å²) in [5.41, 5.74) is 2.12. The first-order valence-electron chi connectivity index (χ1n) is 10.5. The summed E-state index contributed by atoms with van der Waals surface area (Å²) in [6.07, 6.45) is 1.56. The summed E-state index contributed by atoms with van der Waals surface area (Å²) in [5.74, 6) is -0.247. The normalized spacial score (nSPS) is 15.0. The van der Waals surface area contributed by atoms with E-state index in [1.165, 1.54) is 19.2 Å². The maximum atomic E-state index is 12.9. The van der Waals surface area contributed by atoms with Crippen LogP contribution in [-0.4, -0.2) is 31.6 Å². The van der Waals surface area contributed by atoms with Crippen molar-refractivity contribution < 1.29 is 26.9 Å². The van der Waals surface area contributed by atoms with E-state index < -0.39 is 21.3 Å². The fourth-order valence-corrected chi connectivity index (χ4v) is 6.23. The lowest BCUT2D eigenvalue weighted by molar-refractivity contribution is -0.123. The topological polar surface area (TPSA) is 90.0 Å². The summed E-state index contributed by atoms with van der Waals surface area (Å²) in [7, 11) is -2.71. The van der Waals surface area contributed by atoms with Gasteiger partial charge in [-0.05, 0) is 88.8 Å². The Morgan fingerprint density at radius 1 is 1.08 bits per heavy atom. The van der Waals surface area contributed by atoms with Gasteiger partial charge >= 0.3 is 10.1 Å². The lowest BCUT2D eigenvalue weighted by Crippen LogP contribution is -2.27. The van der Waals surface area contributed by atoms with Gasteiger partial charge in [0.15, 0.2) is 11.5 Å². The molecule has 2 amide bonds. The lowest BCUT2D eigenvalue weighted by Gasteiger charge is -2.14. The number of thioether (sulfide) groups is 1. The Labute approximate surface area is 231 Å².